The standard InChI is InChI=1S/C25H27ClN2O4S/c1-25(2,3)21-8-6-7-9-23(21)27-24(29)20-16-19(14-15-22(20)26)33(30,31)28(4)17-10-12-18(32-5)13-11-17/h6-16H,1-5H3,(H,27,29). The number of para-hydroxylation sites is 1. The highest BCUT2D eigenvalue weighted by Gasteiger charge is 2.25. The molecule has 174 valence electrons. The summed E-state index contributed by atoms with van der Waals surface area (Å²) in [7, 11) is -0.948. The van der Waals surface area contributed by atoms with E-state index in [4.69, 9.17) is 16.3 Å². The highest BCUT2D eigenvalue weighted by Crippen LogP contribution is 2.31. The van der Waals surface area contributed by atoms with Gasteiger partial charge in [0.15, 0.2) is 0 Å². The molecule has 0 saturated carbocycles. The van der Waals surface area contributed by atoms with E-state index in [1.165, 1.54) is 32.4 Å². The van der Waals surface area contributed by atoms with E-state index in [0.717, 1.165) is 9.87 Å². The van der Waals surface area contributed by atoms with Crippen molar-refractivity contribution in [2.24, 2.45) is 0 Å². The maximum atomic E-state index is 13.2. The molecule has 0 aliphatic carbocycles. The van der Waals surface area contributed by atoms with Crippen molar-refractivity contribution in [3.05, 3.63) is 82.9 Å². The SMILES string of the molecule is COc1ccc(N(C)S(=O)(=O)c2ccc(Cl)c(C(=O)Nc3ccccc3C(C)(C)C)c2)cc1. The zero-order valence-corrected chi connectivity index (χ0v) is 20.8. The summed E-state index contributed by atoms with van der Waals surface area (Å²) in [4.78, 5) is 13.0. The van der Waals surface area contributed by atoms with Crippen LogP contribution in [0.1, 0.15) is 36.7 Å². The van der Waals surface area contributed by atoms with Crippen molar-refractivity contribution < 1.29 is 17.9 Å². The summed E-state index contributed by atoms with van der Waals surface area (Å²) in [5.41, 5.74) is 1.94. The minimum atomic E-state index is -3.93. The van der Waals surface area contributed by atoms with Crippen LogP contribution < -0.4 is 14.4 Å². The molecule has 0 atom stereocenters. The van der Waals surface area contributed by atoms with E-state index in [2.05, 4.69) is 5.32 Å². The number of sulfonamides is 1. The minimum Gasteiger partial charge on any atom is -0.497 e. The average molecular weight is 487 g/mol. The lowest BCUT2D eigenvalue weighted by atomic mass is 9.86. The molecule has 0 bridgehead atoms. The van der Waals surface area contributed by atoms with Crippen molar-refractivity contribution in [3.63, 3.8) is 0 Å². The Morgan fingerprint density at radius 2 is 1.64 bits per heavy atom. The zero-order valence-electron chi connectivity index (χ0n) is 19.2. The van der Waals surface area contributed by atoms with Gasteiger partial charge in [-0.1, -0.05) is 50.6 Å². The molecule has 0 heterocycles. The normalized spacial score (nSPS) is 11.7. The molecule has 0 fully saturated rings. The van der Waals surface area contributed by atoms with E-state index in [1.807, 2.05) is 45.0 Å². The summed E-state index contributed by atoms with van der Waals surface area (Å²) >= 11 is 6.28. The van der Waals surface area contributed by atoms with Gasteiger partial charge >= 0.3 is 0 Å². The smallest absolute Gasteiger partial charge is 0.264 e. The summed E-state index contributed by atoms with van der Waals surface area (Å²) in [6.07, 6.45) is 0. The van der Waals surface area contributed by atoms with Crippen molar-refractivity contribution in [1.29, 1.82) is 0 Å². The van der Waals surface area contributed by atoms with E-state index in [-0.39, 0.29) is 20.9 Å². The van der Waals surface area contributed by atoms with Crippen molar-refractivity contribution in [2.75, 3.05) is 23.8 Å². The number of amides is 1. The Bertz CT molecular complexity index is 1270. The van der Waals surface area contributed by atoms with Crippen LogP contribution in [0.2, 0.25) is 5.02 Å². The molecule has 3 aromatic rings. The van der Waals surface area contributed by atoms with E-state index in [0.29, 0.717) is 17.1 Å². The first kappa shape index (κ1) is 24.6. The van der Waals surface area contributed by atoms with Crippen molar-refractivity contribution >= 4 is 38.9 Å². The van der Waals surface area contributed by atoms with E-state index >= 15 is 0 Å². The van der Waals surface area contributed by atoms with Gasteiger partial charge in [0.25, 0.3) is 15.9 Å². The molecule has 3 aromatic carbocycles. The van der Waals surface area contributed by atoms with E-state index < -0.39 is 15.9 Å². The Balaban J connectivity index is 1.94. The number of halogens is 1. The van der Waals surface area contributed by atoms with Crippen molar-refractivity contribution in [1.82, 2.24) is 0 Å². The Morgan fingerprint density at radius 3 is 2.24 bits per heavy atom. The minimum absolute atomic E-state index is 0.0422. The fourth-order valence-electron chi connectivity index (χ4n) is 3.36. The van der Waals surface area contributed by atoms with Crippen LogP contribution in [0.25, 0.3) is 0 Å². The number of methoxy groups -OCH3 is 1. The predicted octanol–water partition coefficient (Wildman–Crippen LogP) is 5.72. The van der Waals surface area contributed by atoms with E-state index in [9.17, 15) is 13.2 Å². The molecular weight excluding hydrogens is 460 g/mol. The average Bonchev–Trinajstić information content (AvgIpc) is 2.78. The van der Waals surface area contributed by atoms with Gasteiger partial charge in [0, 0.05) is 12.7 Å². The third kappa shape index (κ3) is 5.31. The van der Waals surface area contributed by atoms with Gasteiger partial charge in [0.2, 0.25) is 0 Å². The lowest BCUT2D eigenvalue weighted by molar-refractivity contribution is 0.102. The number of carbonyl (C=O) groups excluding carboxylic acids is 1. The second-order valence-electron chi connectivity index (χ2n) is 8.56. The quantitative estimate of drug-likeness (QED) is 0.483. The van der Waals surface area contributed by atoms with Gasteiger partial charge in [-0.05, 0) is 59.5 Å². The molecule has 1 amide bonds. The van der Waals surface area contributed by atoms with Crippen LogP contribution in [-0.2, 0) is 15.4 Å². The summed E-state index contributed by atoms with van der Waals surface area (Å²) < 4.78 is 32.7. The monoisotopic (exact) mass is 486 g/mol. The van der Waals surface area contributed by atoms with Crippen molar-refractivity contribution in [3.8, 4) is 5.75 Å². The van der Waals surface area contributed by atoms with Crippen LogP contribution in [0.3, 0.4) is 0 Å². The second kappa shape index (κ2) is 9.45. The molecule has 1 N–H and O–H groups in total. The van der Waals surface area contributed by atoms with Crippen LogP contribution >= 0.6 is 11.6 Å². The molecule has 0 spiro atoms. The van der Waals surface area contributed by atoms with Gasteiger partial charge in [-0.15, -0.1) is 0 Å². The highest BCUT2D eigenvalue weighted by atomic mass is 35.5. The highest BCUT2D eigenvalue weighted by molar-refractivity contribution is 7.92. The molecular formula is C25H27ClN2O4S. The number of anilines is 2. The third-order valence-electron chi connectivity index (χ3n) is 5.26. The van der Waals surface area contributed by atoms with E-state index in [1.54, 1.807) is 24.3 Å². The molecule has 3 rings (SSSR count). The van der Waals surface area contributed by atoms with Crippen LogP contribution in [0, 0.1) is 0 Å². The fourth-order valence-corrected chi connectivity index (χ4v) is 4.79. The fraction of sp³-hybridized carbons (Fsp3) is 0.240. The third-order valence-corrected chi connectivity index (χ3v) is 7.37. The summed E-state index contributed by atoms with van der Waals surface area (Å²) in [5.74, 6) is 0.131. The van der Waals surface area contributed by atoms with Crippen LogP contribution in [0.15, 0.2) is 71.6 Å². The van der Waals surface area contributed by atoms with Crippen LogP contribution in [0.5, 0.6) is 5.75 Å². The van der Waals surface area contributed by atoms with Gasteiger partial charge in [-0.2, -0.15) is 0 Å². The van der Waals surface area contributed by atoms with Gasteiger partial charge in [0.1, 0.15) is 5.75 Å². The first-order chi connectivity index (χ1) is 15.4. The number of nitrogens with one attached hydrogen (secondary N) is 1. The van der Waals surface area contributed by atoms with Gasteiger partial charge in [0.05, 0.1) is 28.3 Å². The predicted molar refractivity (Wildman–Crippen MR) is 133 cm³/mol. The second-order valence-corrected chi connectivity index (χ2v) is 10.9. The Morgan fingerprint density at radius 1 is 1.00 bits per heavy atom. The number of ether oxygens (including phenoxy) is 1. The largest absolute Gasteiger partial charge is 0.497 e. The molecule has 33 heavy (non-hydrogen) atoms. The number of hydrogen-bond acceptors (Lipinski definition) is 4. The van der Waals surface area contributed by atoms with Crippen LogP contribution in [-0.4, -0.2) is 28.5 Å². The zero-order chi connectivity index (χ0) is 24.4. The summed E-state index contributed by atoms with van der Waals surface area (Å²) in [5, 5.41) is 3.04. The Hall–Kier alpha value is -3.03. The maximum Gasteiger partial charge on any atom is 0.264 e. The van der Waals surface area contributed by atoms with Gasteiger partial charge in [-0.25, -0.2) is 8.42 Å². The Labute approximate surface area is 200 Å². The molecule has 0 saturated heterocycles. The first-order valence-electron chi connectivity index (χ1n) is 10.3. The van der Waals surface area contributed by atoms with Gasteiger partial charge in [-0.3, -0.25) is 9.10 Å². The maximum absolute atomic E-state index is 13.2. The summed E-state index contributed by atoms with van der Waals surface area (Å²) in [6, 6.07) is 18.2. The van der Waals surface area contributed by atoms with Crippen molar-refractivity contribution in [2.45, 2.75) is 31.1 Å². The number of benzene rings is 3. The first-order valence-corrected chi connectivity index (χ1v) is 12.1. The van der Waals surface area contributed by atoms with Crippen LogP contribution in [0.4, 0.5) is 11.4 Å². The molecule has 0 aromatic heterocycles. The molecule has 8 heteroatoms. The summed E-state index contributed by atoms with van der Waals surface area (Å²) in [6.45, 7) is 6.15. The lowest BCUT2D eigenvalue weighted by Gasteiger charge is -2.23. The Kier molecular flexibility index (Phi) is 7.05. The topological polar surface area (TPSA) is 75.7 Å². The van der Waals surface area contributed by atoms with Gasteiger partial charge < -0.3 is 10.1 Å². The molecule has 0 radical (unpaired) electrons. The number of hydrogen-bond donors (Lipinski definition) is 1. The molecule has 0 unspecified atom stereocenters. The lowest BCUT2D eigenvalue weighted by Crippen LogP contribution is -2.27. The molecule has 0 aliphatic rings. The molecule has 0 aliphatic heterocycles. The number of rotatable bonds is 6. The number of carbonyl (C=O) groups is 1. The number of nitrogens with zero attached hydrogens (tertiary/aromatic N) is 1. The molecule has 6 nitrogen and oxygen atoms in total.